The van der Waals surface area contributed by atoms with Crippen molar-refractivity contribution < 1.29 is 9.21 Å². The summed E-state index contributed by atoms with van der Waals surface area (Å²) in [5, 5.41) is 9.14. The molecule has 0 saturated carbocycles. The first-order valence-corrected chi connectivity index (χ1v) is 9.53. The van der Waals surface area contributed by atoms with Gasteiger partial charge in [-0.3, -0.25) is 9.78 Å². The fourth-order valence-electron chi connectivity index (χ4n) is 3.44. The Kier molecular flexibility index (Phi) is 4.37. The van der Waals surface area contributed by atoms with Crippen LogP contribution in [0.4, 0.5) is 17.2 Å². The first kappa shape index (κ1) is 17.9. The third-order valence-electron chi connectivity index (χ3n) is 4.81. The molecule has 1 amide bonds. The van der Waals surface area contributed by atoms with Crippen molar-refractivity contribution in [3.05, 3.63) is 79.3 Å². The predicted molar refractivity (Wildman–Crippen MR) is 119 cm³/mol. The lowest BCUT2D eigenvalue weighted by Gasteiger charge is -2.10. The van der Waals surface area contributed by atoms with E-state index >= 15 is 0 Å². The van der Waals surface area contributed by atoms with Gasteiger partial charge in [0.2, 0.25) is 5.91 Å². The summed E-state index contributed by atoms with van der Waals surface area (Å²) in [5.41, 5.74) is 3.53. The molecule has 6 heteroatoms. The van der Waals surface area contributed by atoms with Crippen LogP contribution < -0.4 is 10.6 Å². The molecular formula is C24H18N4O2. The van der Waals surface area contributed by atoms with Gasteiger partial charge >= 0.3 is 0 Å². The summed E-state index contributed by atoms with van der Waals surface area (Å²) in [5.74, 6) is 1.15. The maximum atomic E-state index is 11.1. The monoisotopic (exact) mass is 394 g/mol. The average molecular weight is 394 g/mol. The van der Waals surface area contributed by atoms with Gasteiger partial charge in [0.15, 0.2) is 0 Å². The van der Waals surface area contributed by atoms with Crippen molar-refractivity contribution in [1.82, 2.24) is 9.97 Å². The SMILES string of the molecule is CC(=O)Nc1ccc(Nc2ccc3cncc(-c4cc5ccccc5o4)c3c2)cn1. The summed E-state index contributed by atoms with van der Waals surface area (Å²) in [6.45, 7) is 1.46. The summed E-state index contributed by atoms with van der Waals surface area (Å²) in [6.07, 6.45) is 5.35. The molecule has 5 aromatic rings. The number of benzene rings is 2. The zero-order chi connectivity index (χ0) is 20.5. The Morgan fingerprint density at radius 2 is 1.77 bits per heavy atom. The number of anilines is 3. The van der Waals surface area contributed by atoms with Crippen LogP contribution >= 0.6 is 0 Å². The predicted octanol–water partition coefficient (Wildman–Crippen LogP) is 5.75. The molecule has 0 atom stereocenters. The van der Waals surface area contributed by atoms with Gasteiger partial charge in [-0.15, -0.1) is 0 Å². The molecule has 0 unspecified atom stereocenters. The third kappa shape index (κ3) is 3.46. The second-order valence-electron chi connectivity index (χ2n) is 7.01. The van der Waals surface area contributed by atoms with Gasteiger partial charge in [0.1, 0.15) is 17.2 Å². The highest BCUT2D eigenvalue weighted by atomic mass is 16.3. The molecule has 30 heavy (non-hydrogen) atoms. The fourth-order valence-corrected chi connectivity index (χ4v) is 3.44. The van der Waals surface area contributed by atoms with Crippen molar-refractivity contribution in [3.8, 4) is 11.3 Å². The number of para-hydroxylation sites is 1. The Morgan fingerprint density at radius 1 is 0.900 bits per heavy atom. The van der Waals surface area contributed by atoms with Gasteiger partial charge in [-0.05, 0) is 41.8 Å². The summed E-state index contributed by atoms with van der Waals surface area (Å²) in [4.78, 5) is 19.8. The highest BCUT2D eigenvalue weighted by molar-refractivity contribution is 5.98. The number of fused-ring (bicyclic) bond motifs is 2. The Bertz CT molecular complexity index is 1340. The lowest BCUT2D eigenvalue weighted by Crippen LogP contribution is -2.07. The van der Waals surface area contributed by atoms with E-state index in [4.69, 9.17) is 4.42 Å². The van der Waals surface area contributed by atoms with E-state index < -0.39 is 0 Å². The van der Waals surface area contributed by atoms with Crippen LogP contribution in [0.2, 0.25) is 0 Å². The molecule has 0 aliphatic rings. The van der Waals surface area contributed by atoms with Crippen LogP contribution in [-0.2, 0) is 4.79 Å². The number of nitrogens with zero attached hydrogens (tertiary/aromatic N) is 2. The van der Waals surface area contributed by atoms with Crippen LogP contribution in [0.15, 0.2) is 83.7 Å². The molecule has 0 bridgehead atoms. The largest absolute Gasteiger partial charge is 0.456 e. The zero-order valence-electron chi connectivity index (χ0n) is 16.2. The van der Waals surface area contributed by atoms with Crippen molar-refractivity contribution >= 4 is 44.8 Å². The molecule has 0 saturated heterocycles. The molecular weight excluding hydrogens is 376 g/mol. The van der Waals surface area contributed by atoms with Crippen molar-refractivity contribution in [2.45, 2.75) is 6.92 Å². The molecule has 0 radical (unpaired) electrons. The van der Waals surface area contributed by atoms with E-state index in [1.165, 1.54) is 6.92 Å². The molecule has 0 aliphatic carbocycles. The molecule has 146 valence electrons. The molecule has 0 fully saturated rings. The fraction of sp³-hybridized carbons (Fsp3) is 0.0417. The van der Waals surface area contributed by atoms with Crippen LogP contribution in [0.5, 0.6) is 0 Å². The Morgan fingerprint density at radius 3 is 2.57 bits per heavy atom. The Labute approximate surface area is 172 Å². The van der Waals surface area contributed by atoms with Crippen LogP contribution in [0.1, 0.15) is 6.92 Å². The van der Waals surface area contributed by atoms with Gasteiger partial charge in [-0.25, -0.2) is 4.98 Å². The second-order valence-corrected chi connectivity index (χ2v) is 7.01. The zero-order valence-corrected chi connectivity index (χ0v) is 16.2. The van der Waals surface area contributed by atoms with Gasteiger partial charge in [0.25, 0.3) is 0 Å². The number of carbonyl (C=O) groups excluding carboxylic acids is 1. The summed E-state index contributed by atoms with van der Waals surface area (Å²) in [7, 11) is 0. The van der Waals surface area contributed by atoms with Crippen LogP contribution in [0, 0.1) is 0 Å². The lowest BCUT2D eigenvalue weighted by molar-refractivity contribution is -0.114. The number of aromatic nitrogens is 2. The number of hydrogen-bond acceptors (Lipinski definition) is 5. The number of carbonyl (C=O) groups is 1. The quantitative estimate of drug-likeness (QED) is 0.406. The van der Waals surface area contributed by atoms with E-state index in [0.29, 0.717) is 5.82 Å². The third-order valence-corrected chi connectivity index (χ3v) is 4.81. The lowest BCUT2D eigenvalue weighted by atomic mass is 10.0. The number of nitrogens with one attached hydrogen (secondary N) is 2. The van der Waals surface area contributed by atoms with E-state index in [2.05, 4.69) is 26.7 Å². The molecule has 3 aromatic heterocycles. The first-order valence-electron chi connectivity index (χ1n) is 9.53. The molecule has 2 aromatic carbocycles. The first-order chi connectivity index (χ1) is 14.7. The van der Waals surface area contributed by atoms with Crippen molar-refractivity contribution in [3.63, 3.8) is 0 Å². The summed E-state index contributed by atoms with van der Waals surface area (Å²) < 4.78 is 6.06. The normalized spacial score (nSPS) is 11.0. The second kappa shape index (κ2) is 7.33. The summed E-state index contributed by atoms with van der Waals surface area (Å²) >= 11 is 0. The topological polar surface area (TPSA) is 80.0 Å². The van der Waals surface area contributed by atoms with E-state index in [0.717, 1.165) is 44.4 Å². The van der Waals surface area contributed by atoms with E-state index in [1.54, 1.807) is 12.3 Å². The highest BCUT2D eigenvalue weighted by Crippen LogP contribution is 2.34. The van der Waals surface area contributed by atoms with E-state index in [1.807, 2.05) is 60.9 Å². The molecule has 0 spiro atoms. The standard InChI is InChI=1S/C24H18N4O2/c1-15(29)27-24-9-8-19(13-26-24)28-18-7-6-17-12-25-14-21(20(17)11-18)23-10-16-4-2-3-5-22(16)30-23/h2-14,28H,1H3,(H,26,27,29). The number of amides is 1. The van der Waals surface area contributed by atoms with Crippen molar-refractivity contribution in [2.75, 3.05) is 10.6 Å². The van der Waals surface area contributed by atoms with Crippen LogP contribution in [-0.4, -0.2) is 15.9 Å². The number of hydrogen-bond donors (Lipinski definition) is 2. The van der Waals surface area contributed by atoms with E-state index in [-0.39, 0.29) is 5.91 Å². The minimum absolute atomic E-state index is 0.149. The molecule has 0 aliphatic heterocycles. The van der Waals surface area contributed by atoms with Gasteiger partial charge in [-0.1, -0.05) is 24.3 Å². The summed E-state index contributed by atoms with van der Waals surface area (Å²) in [6, 6.07) is 19.7. The number of furan rings is 1. The van der Waals surface area contributed by atoms with Gasteiger partial charge in [-0.2, -0.15) is 0 Å². The number of pyridine rings is 2. The maximum absolute atomic E-state index is 11.1. The molecule has 5 rings (SSSR count). The molecule has 3 heterocycles. The van der Waals surface area contributed by atoms with Crippen LogP contribution in [0.25, 0.3) is 33.1 Å². The van der Waals surface area contributed by atoms with Crippen LogP contribution in [0.3, 0.4) is 0 Å². The minimum atomic E-state index is -0.149. The molecule has 6 nitrogen and oxygen atoms in total. The minimum Gasteiger partial charge on any atom is -0.456 e. The van der Waals surface area contributed by atoms with Crippen molar-refractivity contribution in [2.24, 2.45) is 0 Å². The van der Waals surface area contributed by atoms with Gasteiger partial charge < -0.3 is 15.1 Å². The smallest absolute Gasteiger partial charge is 0.222 e. The van der Waals surface area contributed by atoms with Gasteiger partial charge in [0.05, 0.1) is 11.9 Å². The highest BCUT2D eigenvalue weighted by Gasteiger charge is 2.11. The number of rotatable bonds is 4. The Balaban J connectivity index is 1.50. The van der Waals surface area contributed by atoms with E-state index in [9.17, 15) is 4.79 Å². The van der Waals surface area contributed by atoms with Gasteiger partial charge in [0, 0.05) is 41.3 Å². The average Bonchev–Trinajstić information content (AvgIpc) is 3.18. The molecule has 2 N–H and O–H groups in total. The van der Waals surface area contributed by atoms with Crippen molar-refractivity contribution in [1.29, 1.82) is 0 Å². The Hall–Kier alpha value is -4.19. The maximum Gasteiger partial charge on any atom is 0.222 e.